The topological polar surface area (TPSA) is 176 Å². The molecule has 0 bridgehead atoms. The SMILES string of the molecule is C.CCn1c2c(c3cc(-c4cccc(C[C@H](NC(=O)[C@H](C(C)C)N(C)OC[C@H]5CCN(C(=O)/C=C/CN6CC(OC)C6)C5)C(=O)NCCC[C@@H](C)N)c4)ccc31)C(C(C)(C)COO)[C@H](OC)C1=C2C=CCN1C.[HH].[HH]. The number of fused-ring (bicyclic) bond motifs is 4. The number of hydrogen-bond acceptors (Lipinski definition) is 12. The van der Waals surface area contributed by atoms with Gasteiger partial charge in [-0.3, -0.25) is 29.4 Å². The maximum Gasteiger partial charge on any atom is 0.246 e. The summed E-state index contributed by atoms with van der Waals surface area (Å²) in [7, 11) is 7.36. The largest absolute Gasteiger partial charge is 0.379 e. The highest BCUT2D eigenvalue weighted by atomic mass is 17.1. The van der Waals surface area contributed by atoms with Gasteiger partial charge in [-0.05, 0) is 73.4 Å². The van der Waals surface area contributed by atoms with Crippen LogP contribution >= 0.6 is 0 Å². The maximum absolute atomic E-state index is 14.4. The first-order valence-corrected chi connectivity index (χ1v) is 26.1. The Morgan fingerprint density at radius 1 is 1.04 bits per heavy atom. The monoisotopic (exact) mass is 1010 g/mol. The van der Waals surface area contributed by atoms with Gasteiger partial charge in [0.15, 0.2) is 0 Å². The highest BCUT2D eigenvalue weighted by Gasteiger charge is 2.48. The van der Waals surface area contributed by atoms with Crippen LogP contribution in [0.3, 0.4) is 0 Å². The van der Waals surface area contributed by atoms with Crippen LogP contribution in [0.2, 0.25) is 0 Å². The van der Waals surface area contributed by atoms with Crippen LogP contribution in [-0.2, 0) is 46.5 Å². The van der Waals surface area contributed by atoms with Crippen molar-refractivity contribution in [1.82, 2.24) is 35.0 Å². The first-order chi connectivity index (χ1) is 34.5. The van der Waals surface area contributed by atoms with Crippen molar-refractivity contribution >= 4 is 34.2 Å². The number of nitrogens with one attached hydrogen (secondary N) is 2. The number of hydrogen-bond donors (Lipinski definition) is 4. The maximum atomic E-state index is 14.4. The summed E-state index contributed by atoms with van der Waals surface area (Å²) in [6.45, 7) is 18.5. The van der Waals surface area contributed by atoms with Gasteiger partial charge < -0.3 is 40.2 Å². The van der Waals surface area contributed by atoms with E-state index < -0.39 is 17.5 Å². The molecule has 16 nitrogen and oxygen atoms in total. The number of carbonyl (C=O) groups excluding carboxylic acids is 3. The van der Waals surface area contributed by atoms with Crippen LogP contribution < -0.4 is 16.4 Å². The molecule has 1 unspecified atom stereocenters. The number of amides is 3. The molecule has 406 valence electrons. The molecule has 0 spiro atoms. The number of rotatable bonds is 24. The number of nitrogens with two attached hydrogens (primary N) is 1. The lowest BCUT2D eigenvalue weighted by atomic mass is 9.67. The van der Waals surface area contributed by atoms with E-state index in [9.17, 15) is 19.6 Å². The normalized spacial score (nSPS) is 20.6. The van der Waals surface area contributed by atoms with Crippen LogP contribution in [-0.4, -0.2) is 165 Å². The average Bonchev–Trinajstić information content (AvgIpc) is 3.95. The van der Waals surface area contributed by atoms with Crippen molar-refractivity contribution in [2.45, 2.75) is 117 Å². The summed E-state index contributed by atoms with van der Waals surface area (Å²) in [5.74, 6) is -0.761. The number of aromatic nitrogens is 1. The minimum atomic E-state index is -0.873. The fraction of sp³-hybridized carbons (Fsp3) is 0.596. The summed E-state index contributed by atoms with van der Waals surface area (Å²) in [6.07, 6.45) is 10.5. The van der Waals surface area contributed by atoms with E-state index in [4.69, 9.17) is 24.9 Å². The Morgan fingerprint density at radius 3 is 2.48 bits per heavy atom. The molecule has 5 N–H and O–H groups in total. The fourth-order valence-electron chi connectivity index (χ4n) is 11.3. The van der Waals surface area contributed by atoms with E-state index in [1.807, 2.05) is 43.9 Å². The standard InChI is InChI=1S/C56H82N8O8.CH4.2H2/c1-11-64-46-22-21-41(30-44(46)48-49(56(5,6)35-72-68)53(70-10)52-43(51(48)64)19-14-25-60(52)7)40-18-12-17-38(28-40)29-45(54(66)58-24-13-16-37(4)57)59-55(67)50(36(2)3)61(8)71-34-39-23-27-63(31-39)47(65)20-15-26-62-32-42(33-62)69-9;;;/h12,14-15,17-22,28,30,36-37,39,42,45,49-50,53,68H,11,13,16,23-27,29,31-35,57H2,1-10H3,(H,58,66)(H,59,67);1H4;2*1H/b20-15+;;;/t37-,39+,45+,49?,50+,53+;;;/m1.../s1. The summed E-state index contributed by atoms with van der Waals surface area (Å²) < 4.78 is 14.2. The van der Waals surface area contributed by atoms with Crippen molar-refractivity contribution in [2.24, 2.45) is 23.0 Å². The van der Waals surface area contributed by atoms with Gasteiger partial charge in [0.2, 0.25) is 17.7 Å². The van der Waals surface area contributed by atoms with Gasteiger partial charge in [-0.25, -0.2) is 4.89 Å². The summed E-state index contributed by atoms with van der Waals surface area (Å²) >= 11 is 0. The number of benzene rings is 2. The molecule has 4 heterocycles. The first-order valence-electron chi connectivity index (χ1n) is 26.1. The van der Waals surface area contributed by atoms with Crippen molar-refractivity contribution in [3.8, 4) is 11.1 Å². The van der Waals surface area contributed by atoms with Gasteiger partial charge in [-0.15, -0.1) is 0 Å². The molecule has 6 atom stereocenters. The molecule has 2 fully saturated rings. The van der Waals surface area contributed by atoms with E-state index in [1.54, 1.807) is 32.4 Å². The average molecular weight is 1020 g/mol. The quantitative estimate of drug-likeness (QED) is 0.0308. The molecule has 0 saturated carbocycles. The highest BCUT2D eigenvalue weighted by Crippen LogP contribution is 2.54. The molecule has 3 aliphatic heterocycles. The Hall–Kier alpha value is -4.91. The molecule has 0 radical (unpaired) electrons. The number of carbonyl (C=O) groups is 3. The number of allylic oxidation sites excluding steroid dienone is 2. The summed E-state index contributed by atoms with van der Waals surface area (Å²) in [5.41, 5.74) is 14.1. The van der Waals surface area contributed by atoms with E-state index >= 15 is 0 Å². The van der Waals surface area contributed by atoms with E-state index in [2.05, 4.69) is 95.3 Å². The van der Waals surface area contributed by atoms with E-state index in [0.717, 1.165) is 95.7 Å². The molecule has 3 aromatic rings. The van der Waals surface area contributed by atoms with Crippen LogP contribution in [0.5, 0.6) is 0 Å². The number of aryl methyl sites for hydroxylation is 1. The summed E-state index contributed by atoms with van der Waals surface area (Å²) in [4.78, 5) is 59.0. The molecule has 2 aromatic carbocycles. The van der Waals surface area contributed by atoms with Gasteiger partial charge in [-0.2, -0.15) is 5.06 Å². The number of methoxy groups -OCH3 is 2. The van der Waals surface area contributed by atoms with Crippen molar-refractivity contribution in [3.05, 3.63) is 89.3 Å². The van der Waals surface area contributed by atoms with Gasteiger partial charge >= 0.3 is 0 Å². The molecule has 3 amide bonds. The predicted octanol–water partition coefficient (Wildman–Crippen LogP) is 7.19. The Labute approximate surface area is 437 Å². The van der Waals surface area contributed by atoms with Gasteiger partial charge in [0.25, 0.3) is 0 Å². The zero-order valence-electron chi connectivity index (χ0n) is 44.5. The molecule has 2 saturated heterocycles. The lowest BCUT2D eigenvalue weighted by molar-refractivity contribution is -0.263. The molecular weight excluding hydrogens is 925 g/mol. The molecule has 1 aliphatic carbocycles. The van der Waals surface area contributed by atoms with E-state index in [-0.39, 0.29) is 77.0 Å². The number of ether oxygens (including phenoxy) is 2. The second-order valence-electron chi connectivity index (χ2n) is 21.5. The first kappa shape index (κ1) is 57.4. The van der Waals surface area contributed by atoms with Crippen LogP contribution in [0.4, 0.5) is 0 Å². The summed E-state index contributed by atoms with van der Waals surface area (Å²) in [6, 6.07) is 13.2. The van der Waals surface area contributed by atoms with Gasteiger partial charge in [0, 0.05) is 136 Å². The summed E-state index contributed by atoms with van der Waals surface area (Å²) in [5, 5.41) is 18.8. The molecule has 4 aliphatic rings. The van der Waals surface area contributed by atoms with E-state index in [1.165, 1.54) is 0 Å². The van der Waals surface area contributed by atoms with Crippen molar-refractivity contribution in [1.29, 1.82) is 0 Å². The Kier molecular flexibility index (Phi) is 20.1. The van der Waals surface area contributed by atoms with Gasteiger partial charge in [0.05, 0.1) is 30.7 Å². The Morgan fingerprint density at radius 2 is 1.79 bits per heavy atom. The number of hydroxylamine groups is 2. The fourth-order valence-corrected chi connectivity index (χ4v) is 11.3. The van der Waals surface area contributed by atoms with Crippen LogP contribution in [0, 0.1) is 17.3 Å². The predicted molar refractivity (Wildman–Crippen MR) is 294 cm³/mol. The Bertz CT molecular complexity index is 2470. The van der Waals surface area contributed by atoms with E-state index in [0.29, 0.717) is 32.7 Å². The third kappa shape index (κ3) is 13.1. The highest BCUT2D eigenvalue weighted by molar-refractivity contribution is 5.97. The second kappa shape index (κ2) is 25.6. The van der Waals surface area contributed by atoms with Gasteiger partial charge in [0.1, 0.15) is 18.2 Å². The minimum Gasteiger partial charge on any atom is -0.379 e. The number of likely N-dealkylation sites (N-methyl/N-ethyl adjacent to an activating group) is 2. The lowest BCUT2D eigenvalue weighted by Crippen LogP contribution is -2.55. The molecule has 7 rings (SSSR count). The van der Waals surface area contributed by atoms with Gasteiger partial charge in [-0.1, -0.05) is 83.7 Å². The smallest absolute Gasteiger partial charge is 0.246 e. The Balaban J connectivity index is 0.00000406. The number of nitrogens with zero attached hydrogens (tertiary/aromatic N) is 5. The van der Waals surface area contributed by atoms with Crippen molar-refractivity contribution in [2.75, 3.05) is 87.3 Å². The molecular formula is C57H90N8O8. The van der Waals surface area contributed by atoms with Crippen LogP contribution in [0.1, 0.15) is 93.8 Å². The molecule has 73 heavy (non-hydrogen) atoms. The van der Waals surface area contributed by atoms with Crippen LogP contribution in [0.25, 0.3) is 27.6 Å². The zero-order chi connectivity index (χ0) is 51.9. The van der Waals surface area contributed by atoms with Crippen molar-refractivity contribution in [3.63, 3.8) is 0 Å². The molecule has 16 heteroatoms. The molecule has 1 aromatic heterocycles. The third-order valence-corrected chi connectivity index (χ3v) is 15.2. The second-order valence-corrected chi connectivity index (χ2v) is 21.5. The third-order valence-electron chi connectivity index (χ3n) is 15.2. The van der Waals surface area contributed by atoms with Crippen LogP contribution in [0.15, 0.2) is 72.5 Å². The zero-order valence-corrected chi connectivity index (χ0v) is 44.5. The lowest BCUT2D eigenvalue weighted by Gasteiger charge is -2.46. The van der Waals surface area contributed by atoms with Crippen molar-refractivity contribution < 1.29 is 41.7 Å². The number of likely N-dealkylation sites (tertiary alicyclic amines) is 2. The minimum absolute atomic E-state index is 0.